The molecule has 16 heavy (non-hydrogen) atoms. The van der Waals surface area contributed by atoms with E-state index in [2.05, 4.69) is 15.5 Å². The van der Waals surface area contributed by atoms with Gasteiger partial charge in [0.05, 0.1) is 10.8 Å². The van der Waals surface area contributed by atoms with Crippen LogP contribution in [0.15, 0.2) is 22.0 Å². The van der Waals surface area contributed by atoms with Crippen LogP contribution in [0.2, 0.25) is 0 Å². The highest BCUT2D eigenvalue weighted by atomic mass is 35.5. The molecule has 1 aliphatic heterocycles. The Bertz CT molecular complexity index is 437. The summed E-state index contributed by atoms with van der Waals surface area (Å²) >= 11 is 1.63. The molecule has 86 valence electrons. The molecule has 1 saturated heterocycles. The molecule has 3 heterocycles. The maximum absolute atomic E-state index is 5.28. The summed E-state index contributed by atoms with van der Waals surface area (Å²) in [5.74, 6) is 1.88. The summed E-state index contributed by atoms with van der Waals surface area (Å²) in [4.78, 5) is 5.49. The summed E-state index contributed by atoms with van der Waals surface area (Å²) in [6, 6.07) is 4.00. The van der Waals surface area contributed by atoms with Crippen molar-refractivity contribution in [2.24, 2.45) is 0 Å². The van der Waals surface area contributed by atoms with E-state index in [9.17, 15) is 0 Å². The lowest BCUT2D eigenvalue weighted by Crippen LogP contribution is -2.08. The number of hydrogen-bond acceptors (Lipinski definition) is 5. The van der Waals surface area contributed by atoms with Gasteiger partial charge in [-0.3, -0.25) is 0 Å². The first-order chi connectivity index (χ1) is 7.43. The van der Waals surface area contributed by atoms with Gasteiger partial charge in [-0.1, -0.05) is 11.2 Å². The van der Waals surface area contributed by atoms with Crippen molar-refractivity contribution in [3.63, 3.8) is 0 Å². The van der Waals surface area contributed by atoms with Crippen LogP contribution in [0.1, 0.15) is 18.2 Å². The quantitative estimate of drug-likeness (QED) is 0.897. The van der Waals surface area contributed by atoms with Gasteiger partial charge in [0.15, 0.2) is 0 Å². The van der Waals surface area contributed by atoms with Gasteiger partial charge in [0.1, 0.15) is 0 Å². The van der Waals surface area contributed by atoms with Crippen molar-refractivity contribution in [2.45, 2.75) is 12.3 Å². The van der Waals surface area contributed by atoms with E-state index in [1.54, 1.807) is 11.3 Å². The molecule has 2 aromatic heterocycles. The van der Waals surface area contributed by atoms with Gasteiger partial charge in [-0.15, -0.1) is 23.7 Å². The molecule has 1 atom stereocenters. The third kappa shape index (κ3) is 2.11. The van der Waals surface area contributed by atoms with Crippen LogP contribution in [0.5, 0.6) is 0 Å². The van der Waals surface area contributed by atoms with Crippen molar-refractivity contribution in [1.29, 1.82) is 0 Å². The highest BCUT2D eigenvalue weighted by Crippen LogP contribution is 2.25. The highest BCUT2D eigenvalue weighted by molar-refractivity contribution is 7.13. The second-order valence-corrected chi connectivity index (χ2v) is 4.57. The minimum atomic E-state index is 0. The van der Waals surface area contributed by atoms with Crippen LogP contribution in [0.25, 0.3) is 10.7 Å². The van der Waals surface area contributed by atoms with Crippen LogP contribution < -0.4 is 5.32 Å². The molecule has 6 heteroatoms. The Balaban J connectivity index is 0.000000963. The average Bonchev–Trinajstić information content (AvgIpc) is 3.02. The van der Waals surface area contributed by atoms with Crippen molar-refractivity contribution in [1.82, 2.24) is 15.5 Å². The molecular weight excluding hydrogens is 246 g/mol. The fourth-order valence-corrected chi connectivity index (χ4v) is 2.42. The van der Waals surface area contributed by atoms with Gasteiger partial charge in [-0.2, -0.15) is 4.98 Å². The molecule has 2 aromatic rings. The molecular formula is C10H12ClN3OS. The monoisotopic (exact) mass is 257 g/mol. The molecule has 1 fully saturated rings. The van der Waals surface area contributed by atoms with Gasteiger partial charge >= 0.3 is 0 Å². The lowest BCUT2D eigenvalue weighted by molar-refractivity contribution is 0.359. The topological polar surface area (TPSA) is 51.0 Å². The van der Waals surface area contributed by atoms with Crippen molar-refractivity contribution >= 4 is 23.7 Å². The third-order valence-electron chi connectivity index (χ3n) is 2.59. The van der Waals surface area contributed by atoms with Crippen LogP contribution in [0.3, 0.4) is 0 Å². The van der Waals surface area contributed by atoms with Crippen molar-refractivity contribution in [2.75, 3.05) is 13.1 Å². The number of rotatable bonds is 2. The molecule has 0 saturated carbocycles. The Kier molecular flexibility index (Phi) is 3.58. The van der Waals surface area contributed by atoms with Crippen LogP contribution in [-0.4, -0.2) is 23.2 Å². The fraction of sp³-hybridized carbons (Fsp3) is 0.400. The SMILES string of the molecule is Cl.c1csc(-c2noc([C@@H]3CCNC3)n2)c1. The molecule has 0 aliphatic carbocycles. The van der Waals surface area contributed by atoms with Gasteiger partial charge in [-0.05, 0) is 24.4 Å². The summed E-state index contributed by atoms with van der Waals surface area (Å²) in [6.45, 7) is 1.99. The summed E-state index contributed by atoms with van der Waals surface area (Å²) in [5.41, 5.74) is 0. The number of nitrogens with zero attached hydrogens (tertiary/aromatic N) is 2. The summed E-state index contributed by atoms with van der Waals surface area (Å²) in [6.07, 6.45) is 1.09. The summed E-state index contributed by atoms with van der Waals surface area (Å²) < 4.78 is 5.28. The van der Waals surface area contributed by atoms with E-state index in [4.69, 9.17) is 4.52 Å². The lowest BCUT2D eigenvalue weighted by atomic mass is 10.1. The first kappa shape index (κ1) is 11.6. The van der Waals surface area contributed by atoms with Crippen LogP contribution in [0.4, 0.5) is 0 Å². The average molecular weight is 258 g/mol. The van der Waals surface area contributed by atoms with Crippen LogP contribution in [0, 0.1) is 0 Å². The van der Waals surface area contributed by atoms with E-state index in [1.807, 2.05) is 17.5 Å². The normalized spacial score (nSPS) is 19.6. The van der Waals surface area contributed by atoms with Crippen molar-refractivity contribution < 1.29 is 4.52 Å². The van der Waals surface area contributed by atoms with Crippen LogP contribution in [-0.2, 0) is 0 Å². The second kappa shape index (κ2) is 4.95. The number of nitrogens with one attached hydrogen (secondary N) is 1. The predicted molar refractivity (Wildman–Crippen MR) is 65.1 cm³/mol. The molecule has 0 bridgehead atoms. The van der Waals surface area contributed by atoms with Crippen molar-refractivity contribution in [3.05, 3.63) is 23.4 Å². The van der Waals surface area contributed by atoms with Gasteiger partial charge in [0.2, 0.25) is 11.7 Å². The highest BCUT2D eigenvalue weighted by Gasteiger charge is 2.23. The number of halogens is 1. The summed E-state index contributed by atoms with van der Waals surface area (Å²) in [5, 5.41) is 9.31. The second-order valence-electron chi connectivity index (χ2n) is 3.62. The largest absolute Gasteiger partial charge is 0.339 e. The molecule has 0 unspecified atom stereocenters. The van der Waals surface area contributed by atoms with E-state index in [-0.39, 0.29) is 12.4 Å². The number of thiophene rings is 1. The van der Waals surface area contributed by atoms with E-state index < -0.39 is 0 Å². The molecule has 0 spiro atoms. The lowest BCUT2D eigenvalue weighted by Gasteiger charge is -1.98. The Morgan fingerprint density at radius 1 is 1.50 bits per heavy atom. The molecule has 1 N–H and O–H groups in total. The minimum absolute atomic E-state index is 0. The maximum atomic E-state index is 5.28. The van der Waals surface area contributed by atoms with E-state index in [0.29, 0.717) is 11.7 Å². The van der Waals surface area contributed by atoms with E-state index >= 15 is 0 Å². The Morgan fingerprint density at radius 3 is 3.12 bits per heavy atom. The zero-order valence-electron chi connectivity index (χ0n) is 8.55. The smallest absolute Gasteiger partial charge is 0.231 e. The Morgan fingerprint density at radius 2 is 2.44 bits per heavy atom. The van der Waals surface area contributed by atoms with Crippen molar-refractivity contribution in [3.8, 4) is 10.7 Å². The summed E-state index contributed by atoms with van der Waals surface area (Å²) in [7, 11) is 0. The Labute approximate surface area is 103 Å². The van der Waals surface area contributed by atoms with Gasteiger partial charge in [0.25, 0.3) is 0 Å². The van der Waals surface area contributed by atoms with Gasteiger partial charge in [0, 0.05) is 6.54 Å². The number of aromatic nitrogens is 2. The molecule has 3 rings (SSSR count). The van der Waals surface area contributed by atoms with Crippen LogP contribution >= 0.6 is 23.7 Å². The predicted octanol–water partition coefficient (Wildman–Crippen LogP) is 2.30. The zero-order chi connectivity index (χ0) is 10.1. The molecule has 0 radical (unpaired) electrons. The first-order valence-electron chi connectivity index (χ1n) is 5.01. The third-order valence-corrected chi connectivity index (χ3v) is 3.46. The zero-order valence-corrected chi connectivity index (χ0v) is 10.2. The maximum Gasteiger partial charge on any atom is 0.231 e. The molecule has 0 amide bonds. The fourth-order valence-electron chi connectivity index (χ4n) is 1.77. The van der Waals surface area contributed by atoms with E-state index in [0.717, 1.165) is 30.3 Å². The van der Waals surface area contributed by atoms with Gasteiger partial charge < -0.3 is 9.84 Å². The van der Waals surface area contributed by atoms with Gasteiger partial charge in [-0.25, -0.2) is 0 Å². The Hall–Kier alpha value is -0.910. The molecule has 4 nitrogen and oxygen atoms in total. The standard InChI is InChI=1S/C10H11N3OS.ClH/c1-2-8(15-5-1)9-12-10(14-13-9)7-3-4-11-6-7;/h1-2,5,7,11H,3-4,6H2;1H/t7-;/m1./s1. The molecule has 1 aliphatic rings. The number of hydrogen-bond donors (Lipinski definition) is 1. The first-order valence-corrected chi connectivity index (χ1v) is 5.89. The minimum Gasteiger partial charge on any atom is -0.339 e. The molecule has 0 aromatic carbocycles. The van der Waals surface area contributed by atoms with E-state index in [1.165, 1.54) is 0 Å².